The largest absolute Gasteiger partial charge is 0.309 e. The van der Waals surface area contributed by atoms with Crippen LogP contribution in [0.2, 0.25) is 5.02 Å². The van der Waals surface area contributed by atoms with Gasteiger partial charge in [-0.25, -0.2) is 4.98 Å². The number of carbonyl (C=O) groups is 1. The van der Waals surface area contributed by atoms with Crippen LogP contribution in [0.1, 0.15) is 24.0 Å². The van der Waals surface area contributed by atoms with E-state index in [0.717, 1.165) is 44.0 Å². The Balaban J connectivity index is 0.00000341. The maximum atomic E-state index is 13.1. The fraction of sp³-hybridized carbons (Fsp3) is 0.391. The summed E-state index contributed by atoms with van der Waals surface area (Å²) in [5.41, 5.74) is 3.39. The zero-order valence-electron chi connectivity index (χ0n) is 18.4. The number of aryl methyl sites for hydroxylation is 2. The molecule has 0 aliphatic carbocycles. The molecule has 0 aliphatic heterocycles. The van der Waals surface area contributed by atoms with Gasteiger partial charge in [-0.3, -0.25) is 9.69 Å². The molecule has 0 N–H and O–H groups in total. The third-order valence-electron chi connectivity index (χ3n) is 4.73. The van der Waals surface area contributed by atoms with E-state index in [9.17, 15) is 4.79 Å². The second kappa shape index (κ2) is 12.1. The first kappa shape index (κ1) is 25.9. The predicted molar refractivity (Wildman–Crippen MR) is 139 cm³/mol. The highest BCUT2D eigenvalue weighted by Crippen LogP contribution is 2.33. The molecule has 8 heteroatoms. The normalized spacial score (nSPS) is 11.0. The number of carbonyl (C=O) groups excluding carboxylic acids is 1. The summed E-state index contributed by atoms with van der Waals surface area (Å²) >= 11 is 9.25. The average Bonchev–Trinajstić information content (AvgIpc) is 3.10. The van der Waals surface area contributed by atoms with Crippen LogP contribution in [0.5, 0.6) is 0 Å². The number of halogens is 2. The van der Waals surface area contributed by atoms with Crippen molar-refractivity contribution in [3.63, 3.8) is 0 Å². The highest BCUT2D eigenvalue weighted by Gasteiger charge is 2.20. The van der Waals surface area contributed by atoms with Crippen molar-refractivity contribution in [2.45, 2.75) is 31.6 Å². The second-order valence-corrected chi connectivity index (χ2v) is 10.3. The fourth-order valence-corrected chi connectivity index (χ4v) is 5.30. The van der Waals surface area contributed by atoms with Crippen LogP contribution < -0.4 is 4.90 Å². The van der Waals surface area contributed by atoms with Crippen molar-refractivity contribution in [3.8, 4) is 0 Å². The Bertz CT molecular complexity index is 1010. The number of rotatable bonds is 9. The number of hydrogen-bond acceptors (Lipinski definition) is 5. The van der Waals surface area contributed by atoms with Gasteiger partial charge in [0.05, 0.1) is 10.2 Å². The van der Waals surface area contributed by atoms with Gasteiger partial charge in [-0.2, -0.15) is 0 Å². The Morgan fingerprint density at radius 2 is 1.84 bits per heavy atom. The van der Waals surface area contributed by atoms with Gasteiger partial charge in [0.2, 0.25) is 5.91 Å². The van der Waals surface area contributed by atoms with Gasteiger partial charge in [-0.1, -0.05) is 29.0 Å². The third kappa shape index (κ3) is 7.36. The number of thiazole rings is 1. The number of aromatic nitrogens is 1. The van der Waals surface area contributed by atoms with E-state index in [1.54, 1.807) is 23.1 Å². The number of hydrogen-bond donors (Lipinski definition) is 0. The smallest absolute Gasteiger partial charge is 0.229 e. The molecular weight excluding hydrogens is 469 g/mol. The lowest BCUT2D eigenvalue weighted by Gasteiger charge is -2.21. The monoisotopic (exact) mass is 497 g/mol. The Morgan fingerprint density at radius 3 is 2.52 bits per heavy atom. The zero-order valence-corrected chi connectivity index (χ0v) is 21.6. The molecular formula is C23H29Cl2N3OS2. The number of nitrogens with zero attached hydrogens (tertiary/aromatic N) is 3. The topological polar surface area (TPSA) is 36.4 Å². The van der Waals surface area contributed by atoms with Crippen LogP contribution in [-0.4, -0.2) is 48.7 Å². The van der Waals surface area contributed by atoms with E-state index in [1.165, 1.54) is 11.1 Å². The van der Waals surface area contributed by atoms with E-state index in [1.807, 2.05) is 29.2 Å². The van der Waals surface area contributed by atoms with Crippen LogP contribution in [0, 0.1) is 13.8 Å². The molecule has 168 valence electrons. The summed E-state index contributed by atoms with van der Waals surface area (Å²) in [5, 5.41) is 1.53. The van der Waals surface area contributed by atoms with Crippen LogP contribution in [0.25, 0.3) is 10.2 Å². The molecule has 0 fully saturated rings. The van der Waals surface area contributed by atoms with Gasteiger partial charge >= 0.3 is 0 Å². The Kier molecular flexibility index (Phi) is 10.1. The molecule has 0 saturated carbocycles. The Labute approximate surface area is 204 Å². The number of fused-ring (bicyclic) bond motifs is 1. The summed E-state index contributed by atoms with van der Waals surface area (Å²) in [4.78, 5) is 23.1. The molecule has 0 aliphatic rings. The van der Waals surface area contributed by atoms with Gasteiger partial charge in [0.1, 0.15) is 0 Å². The second-order valence-electron chi connectivity index (χ2n) is 7.68. The van der Waals surface area contributed by atoms with E-state index in [2.05, 4.69) is 45.0 Å². The van der Waals surface area contributed by atoms with Crippen molar-refractivity contribution >= 4 is 68.4 Å². The van der Waals surface area contributed by atoms with Gasteiger partial charge in [-0.15, -0.1) is 24.2 Å². The average molecular weight is 499 g/mol. The molecule has 1 aromatic heterocycles. The van der Waals surface area contributed by atoms with E-state index in [-0.39, 0.29) is 18.3 Å². The molecule has 31 heavy (non-hydrogen) atoms. The molecule has 0 saturated heterocycles. The molecule has 2 aromatic carbocycles. The summed E-state index contributed by atoms with van der Waals surface area (Å²) < 4.78 is 1.16. The van der Waals surface area contributed by atoms with E-state index in [4.69, 9.17) is 16.6 Å². The maximum Gasteiger partial charge on any atom is 0.229 e. The number of anilines is 1. The van der Waals surface area contributed by atoms with Crippen molar-refractivity contribution < 1.29 is 4.79 Å². The first-order chi connectivity index (χ1) is 14.3. The van der Waals surface area contributed by atoms with Crippen LogP contribution >= 0.6 is 47.1 Å². The molecule has 0 bridgehead atoms. The molecule has 0 radical (unpaired) electrons. The minimum absolute atomic E-state index is 0. The minimum atomic E-state index is 0. The van der Waals surface area contributed by atoms with Crippen molar-refractivity contribution in [1.82, 2.24) is 9.88 Å². The van der Waals surface area contributed by atoms with Crippen LogP contribution in [0.3, 0.4) is 0 Å². The summed E-state index contributed by atoms with van der Waals surface area (Å²) in [6.07, 6.45) is 1.39. The molecule has 0 atom stereocenters. The number of thioether (sulfide) groups is 1. The van der Waals surface area contributed by atoms with Crippen molar-refractivity contribution in [1.29, 1.82) is 0 Å². The third-order valence-corrected chi connectivity index (χ3v) is 7.22. The SMILES string of the molecule is Cc1cc(C)c2sc(N(CCCN(C)C)C(=O)CCSc3ccc(Cl)cc3)nc2c1.Cl. The summed E-state index contributed by atoms with van der Waals surface area (Å²) in [6.45, 7) is 5.81. The number of amides is 1. The van der Waals surface area contributed by atoms with E-state index >= 15 is 0 Å². The molecule has 1 heterocycles. The molecule has 0 spiro atoms. The maximum absolute atomic E-state index is 13.1. The van der Waals surface area contributed by atoms with Gasteiger partial charge < -0.3 is 4.90 Å². The summed E-state index contributed by atoms with van der Waals surface area (Å²) in [6, 6.07) is 12.0. The Hall–Kier alpha value is -1.31. The molecule has 0 unspecified atom stereocenters. The van der Waals surface area contributed by atoms with Crippen molar-refractivity contribution in [2.24, 2.45) is 0 Å². The van der Waals surface area contributed by atoms with Crippen LogP contribution in [-0.2, 0) is 4.79 Å². The van der Waals surface area contributed by atoms with E-state index < -0.39 is 0 Å². The first-order valence-electron chi connectivity index (χ1n) is 10.0. The molecule has 1 amide bonds. The quantitative estimate of drug-likeness (QED) is 0.318. The fourth-order valence-electron chi connectivity index (χ4n) is 3.27. The van der Waals surface area contributed by atoms with Gasteiger partial charge in [0, 0.05) is 28.6 Å². The highest BCUT2D eigenvalue weighted by molar-refractivity contribution is 7.99. The van der Waals surface area contributed by atoms with Crippen LogP contribution in [0.15, 0.2) is 41.3 Å². The lowest BCUT2D eigenvalue weighted by atomic mass is 10.1. The molecule has 3 rings (SSSR count). The van der Waals surface area contributed by atoms with Gasteiger partial charge in [0.15, 0.2) is 5.13 Å². The van der Waals surface area contributed by atoms with Gasteiger partial charge in [-0.05, 0) is 82.4 Å². The lowest BCUT2D eigenvalue weighted by Crippen LogP contribution is -2.33. The first-order valence-corrected chi connectivity index (χ1v) is 12.2. The summed E-state index contributed by atoms with van der Waals surface area (Å²) in [5.74, 6) is 0.858. The minimum Gasteiger partial charge on any atom is -0.309 e. The highest BCUT2D eigenvalue weighted by atomic mass is 35.5. The summed E-state index contributed by atoms with van der Waals surface area (Å²) in [7, 11) is 4.11. The molecule has 3 aromatic rings. The van der Waals surface area contributed by atoms with Crippen molar-refractivity contribution in [3.05, 3.63) is 52.5 Å². The predicted octanol–water partition coefficient (Wildman–Crippen LogP) is 6.46. The van der Waals surface area contributed by atoms with Gasteiger partial charge in [0.25, 0.3) is 0 Å². The van der Waals surface area contributed by atoms with Crippen molar-refractivity contribution in [2.75, 3.05) is 37.8 Å². The Morgan fingerprint density at radius 1 is 1.13 bits per heavy atom. The molecule has 4 nitrogen and oxygen atoms in total. The zero-order chi connectivity index (χ0) is 21.7. The van der Waals surface area contributed by atoms with E-state index in [0.29, 0.717) is 13.0 Å². The number of benzene rings is 2. The standard InChI is InChI=1S/C23H28ClN3OS2.ClH/c1-16-14-17(2)22-20(15-16)25-23(30-22)27(12-5-11-26(3)4)21(28)10-13-29-19-8-6-18(24)7-9-19;/h6-9,14-15H,5,10-13H2,1-4H3;1H. The lowest BCUT2D eigenvalue weighted by molar-refractivity contribution is -0.118. The van der Waals surface area contributed by atoms with Crippen LogP contribution in [0.4, 0.5) is 5.13 Å².